The van der Waals surface area contributed by atoms with Gasteiger partial charge >= 0.3 is 0 Å². The van der Waals surface area contributed by atoms with Gasteiger partial charge in [0.25, 0.3) is 0 Å². The molecule has 1 unspecified atom stereocenters. The Kier molecular flexibility index (Phi) is 5.41. The summed E-state index contributed by atoms with van der Waals surface area (Å²) in [6.45, 7) is 2.21. The number of benzene rings is 1. The number of amides is 1. The first-order chi connectivity index (χ1) is 10.3. The fourth-order valence-electron chi connectivity index (χ4n) is 2.41. The third-order valence-corrected chi connectivity index (χ3v) is 5.84. The van der Waals surface area contributed by atoms with Gasteiger partial charge in [0.2, 0.25) is 15.9 Å². The molecule has 0 saturated carbocycles. The Hall–Kier alpha value is -1.18. The Balaban J connectivity index is 2.04. The van der Waals surface area contributed by atoms with Crippen LogP contribution in [0.3, 0.4) is 0 Å². The molecule has 1 aromatic carbocycles. The third-order valence-electron chi connectivity index (χ3n) is 3.70. The Bertz CT molecular complexity index is 666. The second kappa shape index (κ2) is 6.93. The Morgan fingerprint density at radius 3 is 2.86 bits per heavy atom. The zero-order valence-corrected chi connectivity index (χ0v) is 13.8. The molecule has 1 aromatic rings. The van der Waals surface area contributed by atoms with E-state index < -0.39 is 21.8 Å². The highest BCUT2D eigenvalue weighted by Gasteiger charge is 2.31. The van der Waals surface area contributed by atoms with E-state index in [0.29, 0.717) is 25.1 Å². The third kappa shape index (κ3) is 3.97. The van der Waals surface area contributed by atoms with Crippen molar-refractivity contribution >= 4 is 33.2 Å². The van der Waals surface area contributed by atoms with Gasteiger partial charge in [-0.25, -0.2) is 17.1 Å². The number of hydrogen-bond donors (Lipinski definition) is 1. The van der Waals surface area contributed by atoms with E-state index in [-0.39, 0.29) is 23.2 Å². The van der Waals surface area contributed by atoms with E-state index in [1.54, 1.807) is 6.92 Å². The number of halogens is 2. The molecule has 1 N–H and O–H groups in total. The van der Waals surface area contributed by atoms with E-state index >= 15 is 0 Å². The van der Waals surface area contributed by atoms with Crippen LogP contribution in [-0.2, 0) is 14.8 Å². The van der Waals surface area contributed by atoms with E-state index in [1.807, 2.05) is 0 Å². The van der Waals surface area contributed by atoms with Gasteiger partial charge in [0.1, 0.15) is 5.82 Å². The first-order valence-corrected chi connectivity index (χ1v) is 9.06. The second-order valence-electron chi connectivity index (χ2n) is 5.22. The van der Waals surface area contributed by atoms with Gasteiger partial charge in [0.15, 0.2) is 0 Å². The lowest BCUT2D eigenvalue weighted by Crippen LogP contribution is -2.44. The highest BCUT2D eigenvalue weighted by molar-refractivity contribution is 7.89. The lowest BCUT2D eigenvalue weighted by molar-refractivity contribution is -0.120. The predicted octanol–water partition coefficient (Wildman–Crippen LogP) is 2.48. The van der Waals surface area contributed by atoms with Crippen LogP contribution in [0.1, 0.15) is 19.8 Å². The van der Waals surface area contributed by atoms with Crippen LogP contribution in [0.5, 0.6) is 0 Å². The molecule has 0 spiro atoms. The molecule has 1 saturated heterocycles. The van der Waals surface area contributed by atoms with Crippen LogP contribution in [0.4, 0.5) is 10.1 Å². The van der Waals surface area contributed by atoms with Crippen LogP contribution < -0.4 is 5.32 Å². The van der Waals surface area contributed by atoms with E-state index in [1.165, 1.54) is 22.5 Å². The maximum atomic E-state index is 13.1. The first kappa shape index (κ1) is 17.2. The average molecular weight is 349 g/mol. The van der Waals surface area contributed by atoms with Crippen LogP contribution >= 0.6 is 11.6 Å². The van der Waals surface area contributed by atoms with Crippen molar-refractivity contribution in [2.75, 3.05) is 24.2 Å². The minimum atomic E-state index is -3.29. The molecule has 1 amide bonds. The van der Waals surface area contributed by atoms with Gasteiger partial charge < -0.3 is 5.32 Å². The largest absolute Gasteiger partial charge is 0.326 e. The number of nitrogens with one attached hydrogen (secondary N) is 1. The molecule has 0 aromatic heterocycles. The van der Waals surface area contributed by atoms with Crippen LogP contribution in [0.15, 0.2) is 18.2 Å². The summed E-state index contributed by atoms with van der Waals surface area (Å²) in [4.78, 5) is 12.3. The molecule has 1 heterocycles. The average Bonchev–Trinajstić information content (AvgIpc) is 2.51. The van der Waals surface area contributed by atoms with Crippen molar-refractivity contribution in [3.05, 3.63) is 29.0 Å². The summed E-state index contributed by atoms with van der Waals surface area (Å²) in [6.07, 6.45) is 1.26. The summed E-state index contributed by atoms with van der Waals surface area (Å²) in [7, 11) is -3.29. The van der Waals surface area contributed by atoms with Crippen molar-refractivity contribution in [3.63, 3.8) is 0 Å². The van der Waals surface area contributed by atoms with Gasteiger partial charge in [-0.1, -0.05) is 11.6 Å². The monoisotopic (exact) mass is 348 g/mol. The molecule has 0 radical (unpaired) electrons. The highest BCUT2D eigenvalue weighted by Crippen LogP contribution is 2.23. The zero-order chi connectivity index (χ0) is 16.3. The summed E-state index contributed by atoms with van der Waals surface area (Å²) in [5.41, 5.74) is 0.395. The molecule has 22 heavy (non-hydrogen) atoms. The minimum Gasteiger partial charge on any atom is -0.326 e. The number of sulfonamides is 1. The SMILES string of the molecule is CCS(=O)(=O)N1CCCC(C(=O)Nc2ccc(F)c(Cl)c2)C1. The maximum Gasteiger partial charge on any atom is 0.228 e. The van der Waals surface area contributed by atoms with Crippen molar-refractivity contribution in [3.8, 4) is 0 Å². The van der Waals surface area contributed by atoms with E-state index in [9.17, 15) is 17.6 Å². The van der Waals surface area contributed by atoms with Crippen molar-refractivity contribution in [1.82, 2.24) is 4.31 Å². The van der Waals surface area contributed by atoms with Gasteiger partial charge in [-0.2, -0.15) is 0 Å². The smallest absolute Gasteiger partial charge is 0.228 e. The van der Waals surface area contributed by atoms with Gasteiger partial charge in [0.05, 0.1) is 16.7 Å². The zero-order valence-electron chi connectivity index (χ0n) is 12.2. The maximum absolute atomic E-state index is 13.1. The first-order valence-electron chi connectivity index (χ1n) is 7.07. The van der Waals surface area contributed by atoms with Gasteiger partial charge in [0, 0.05) is 18.8 Å². The number of rotatable bonds is 4. The topological polar surface area (TPSA) is 66.5 Å². The van der Waals surface area contributed by atoms with Crippen LogP contribution in [-0.4, -0.2) is 37.5 Å². The normalized spacial score (nSPS) is 19.9. The fourth-order valence-corrected chi connectivity index (χ4v) is 3.77. The molecule has 1 aliphatic heterocycles. The molecular weight excluding hydrogens is 331 g/mol. The summed E-state index contributed by atoms with van der Waals surface area (Å²) in [6, 6.07) is 3.92. The molecule has 122 valence electrons. The molecule has 1 fully saturated rings. The Morgan fingerprint density at radius 2 is 2.23 bits per heavy atom. The van der Waals surface area contributed by atoms with Crippen LogP contribution in [0.25, 0.3) is 0 Å². The summed E-state index contributed by atoms with van der Waals surface area (Å²) in [5.74, 6) is -1.23. The molecule has 1 atom stereocenters. The summed E-state index contributed by atoms with van der Waals surface area (Å²) >= 11 is 5.67. The second-order valence-corrected chi connectivity index (χ2v) is 7.88. The molecule has 0 aliphatic carbocycles. The lowest BCUT2D eigenvalue weighted by atomic mass is 9.99. The van der Waals surface area contributed by atoms with E-state index in [2.05, 4.69) is 5.32 Å². The molecular formula is C14H18ClFN2O3S. The highest BCUT2D eigenvalue weighted by atomic mass is 35.5. The minimum absolute atomic E-state index is 0.0227. The Labute approximate surface area is 134 Å². The quantitative estimate of drug-likeness (QED) is 0.909. The summed E-state index contributed by atoms with van der Waals surface area (Å²) in [5, 5.41) is 2.59. The Morgan fingerprint density at radius 1 is 1.50 bits per heavy atom. The molecule has 2 rings (SSSR count). The fraction of sp³-hybridized carbons (Fsp3) is 0.500. The standard InChI is InChI=1S/C14H18ClFN2O3S/c1-2-22(20,21)18-7-3-4-10(9-18)14(19)17-11-5-6-13(16)12(15)8-11/h5-6,8,10H,2-4,7,9H2,1H3,(H,17,19). The summed E-state index contributed by atoms with van der Waals surface area (Å²) < 4.78 is 38.2. The number of carbonyl (C=O) groups excluding carboxylic acids is 1. The van der Waals surface area contributed by atoms with E-state index in [0.717, 1.165) is 0 Å². The van der Waals surface area contributed by atoms with Crippen molar-refractivity contribution in [2.24, 2.45) is 5.92 Å². The lowest BCUT2D eigenvalue weighted by Gasteiger charge is -2.30. The van der Waals surface area contributed by atoms with Gasteiger partial charge in [-0.05, 0) is 38.0 Å². The number of hydrogen-bond acceptors (Lipinski definition) is 3. The molecule has 5 nitrogen and oxygen atoms in total. The number of nitrogens with zero attached hydrogens (tertiary/aromatic N) is 1. The number of piperidine rings is 1. The number of carbonyl (C=O) groups is 1. The van der Waals surface area contributed by atoms with Gasteiger partial charge in [-0.3, -0.25) is 4.79 Å². The van der Waals surface area contributed by atoms with Crippen molar-refractivity contribution in [1.29, 1.82) is 0 Å². The van der Waals surface area contributed by atoms with Crippen molar-refractivity contribution in [2.45, 2.75) is 19.8 Å². The molecule has 0 bridgehead atoms. The molecule has 1 aliphatic rings. The number of anilines is 1. The predicted molar refractivity (Wildman–Crippen MR) is 83.8 cm³/mol. The van der Waals surface area contributed by atoms with E-state index in [4.69, 9.17) is 11.6 Å². The van der Waals surface area contributed by atoms with Gasteiger partial charge in [-0.15, -0.1) is 0 Å². The van der Waals surface area contributed by atoms with Crippen molar-refractivity contribution < 1.29 is 17.6 Å². The molecule has 8 heteroatoms. The van der Waals surface area contributed by atoms with Crippen LogP contribution in [0.2, 0.25) is 5.02 Å². The van der Waals surface area contributed by atoms with Crippen LogP contribution in [0, 0.1) is 11.7 Å².